The van der Waals surface area contributed by atoms with Gasteiger partial charge in [0.15, 0.2) is 0 Å². The van der Waals surface area contributed by atoms with Crippen molar-refractivity contribution in [3.63, 3.8) is 0 Å². The van der Waals surface area contributed by atoms with Crippen LogP contribution < -0.4 is 0 Å². The van der Waals surface area contributed by atoms with Gasteiger partial charge in [-0.3, -0.25) is 0 Å². The average molecular weight is 360 g/mol. The lowest BCUT2D eigenvalue weighted by atomic mass is 9.87. The van der Waals surface area contributed by atoms with Gasteiger partial charge in [0.2, 0.25) is 0 Å². The molecule has 1 aromatic heterocycles. The quantitative estimate of drug-likeness (QED) is 0.764. The zero-order valence-electron chi connectivity index (χ0n) is 16.4. The third-order valence-electron chi connectivity index (χ3n) is 5.05. The standard InChI is InChI=1S/C21H29FN2O2/c1-13(2)16-12-23-17-7-6-15(19(22)18(16)17)14-8-10-24(11-9-14)20(25)26-21(3,4)5/h6-7,12-14,23H,8-11H2,1-5H3. The van der Waals surface area contributed by atoms with E-state index in [1.807, 2.05) is 39.1 Å². The van der Waals surface area contributed by atoms with Crippen LogP contribution in [0.4, 0.5) is 9.18 Å². The summed E-state index contributed by atoms with van der Waals surface area (Å²) in [5, 5.41) is 0.715. The molecule has 1 aromatic carbocycles. The van der Waals surface area contributed by atoms with Crippen molar-refractivity contribution in [2.75, 3.05) is 13.1 Å². The molecule has 0 radical (unpaired) electrons. The molecular weight excluding hydrogens is 331 g/mol. The maximum Gasteiger partial charge on any atom is 0.410 e. The van der Waals surface area contributed by atoms with Crippen molar-refractivity contribution in [3.8, 4) is 0 Å². The highest BCUT2D eigenvalue weighted by atomic mass is 19.1. The smallest absolute Gasteiger partial charge is 0.410 e. The fraction of sp³-hybridized carbons (Fsp3) is 0.571. The average Bonchev–Trinajstić information content (AvgIpc) is 2.99. The number of fused-ring (bicyclic) bond motifs is 1. The second kappa shape index (κ2) is 6.93. The van der Waals surface area contributed by atoms with E-state index in [1.165, 1.54) is 0 Å². The number of hydrogen-bond acceptors (Lipinski definition) is 2. The predicted molar refractivity (Wildman–Crippen MR) is 102 cm³/mol. The van der Waals surface area contributed by atoms with E-state index in [0.717, 1.165) is 29.5 Å². The van der Waals surface area contributed by atoms with Gasteiger partial charge >= 0.3 is 6.09 Å². The van der Waals surface area contributed by atoms with Crippen LogP contribution in [-0.2, 0) is 4.74 Å². The first-order chi connectivity index (χ1) is 12.2. The maximum atomic E-state index is 15.3. The molecule has 4 nitrogen and oxygen atoms in total. The van der Waals surface area contributed by atoms with E-state index in [-0.39, 0.29) is 23.7 Å². The van der Waals surface area contributed by atoms with Crippen LogP contribution in [-0.4, -0.2) is 34.7 Å². The highest BCUT2D eigenvalue weighted by molar-refractivity contribution is 5.85. The van der Waals surface area contributed by atoms with Crippen LogP contribution in [0.5, 0.6) is 0 Å². The number of benzene rings is 1. The second-order valence-electron chi connectivity index (χ2n) is 8.53. The van der Waals surface area contributed by atoms with Gasteiger partial charge in [-0.15, -0.1) is 0 Å². The number of amides is 1. The van der Waals surface area contributed by atoms with Crippen LogP contribution in [0.2, 0.25) is 0 Å². The lowest BCUT2D eigenvalue weighted by molar-refractivity contribution is 0.0204. The van der Waals surface area contributed by atoms with Crippen LogP contribution in [0.1, 0.15) is 70.4 Å². The molecule has 1 aliphatic rings. The highest BCUT2D eigenvalue weighted by Crippen LogP contribution is 2.36. The van der Waals surface area contributed by atoms with E-state index in [2.05, 4.69) is 18.8 Å². The van der Waals surface area contributed by atoms with Crippen LogP contribution in [0.15, 0.2) is 18.3 Å². The van der Waals surface area contributed by atoms with E-state index in [0.29, 0.717) is 18.5 Å². The molecule has 1 N–H and O–H groups in total. The first-order valence-corrected chi connectivity index (χ1v) is 9.44. The lowest BCUT2D eigenvalue weighted by Crippen LogP contribution is -2.41. The summed E-state index contributed by atoms with van der Waals surface area (Å²) in [6.45, 7) is 11.0. The van der Waals surface area contributed by atoms with Crippen molar-refractivity contribution in [2.24, 2.45) is 0 Å². The summed E-state index contributed by atoms with van der Waals surface area (Å²) in [5.41, 5.74) is 2.14. The summed E-state index contributed by atoms with van der Waals surface area (Å²) in [7, 11) is 0. The van der Waals surface area contributed by atoms with Gasteiger partial charge in [0.05, 0.1) is 0 Å². The molecule has 5 heteroatoms. The molecule has 1 fully saturated rings. The minimum Gasteiger partial charge on any atom is -0.444 e. The molecular formula is C21H29FN2O2. The van der Waals surface area contributed by atoms with Crippen LogP contribution in [0, 0.1) is 5.82 Å². The van der Waals surface area contributed by atoms with Crippen LogP contribution in [0.25, 0.3) is 10.9 Å². The summed E-state index contributed by atoms with van der Waals surface area (Å²) in [6, 6.07) is 3.87. The van der Waals surface area contributed by atoms with Crippen molar-refractivity contribution in [2.45, 2.75) is 64.9 Å². The van der Waals surface area contributed by atoms with Gasteiger partial charge in [0, 0.05) is 30.2 Å². The first-order valence-electron chi connectivity index (χ1n) is 9.44. The number of aromatic nitrogens is 1. The van der Waals surface area contributed by atoms with Crippen molar-refractivity contribution in [1.29, 1.82) is 0 Å². The fourth-order valence-electron chi connectivity index (χ4n) is 3.69. The number of carbonyl (C=O) groups is 1. The number of likely N-dealkylation sites (tertiary alicyclic amines) is 1. The molecule has 0 spiro atoms. The molecule has 0 atom stereocenters. The topological polar surface area (TPSA) is 45.3 Å². The second-order valence-corrected chi connectivity index (χ2v) is 8.53. The van der Waals surface area contributed by atoms with Gasteiger partial charge in [-0.05, 0) is 62.6 Å². The van der Waals surface area contributed by atoms with E-state index >= 15 is 4.39 Å². The Balaban J connectivity index is 1.76. The summed E-state index contributed by atoms with van der Waals surface area (Å²) < 4.78 is 20.7. The Hall–Kier alpha value is -2.04. The summed E-state index contributed by atoms with van der Waals surface area (Å²) in [6.07, 6.45) is 3.14. The SMILES string of the molecule is CC(C)c1c[nH]c2ccc(C3CCN(C(=O)OC(C)(C)C)CC3)c(F)c12. The molecule has 142 valence electrons. The van der Waals surface area contributed by atoms with E-state index in [9.17, 15) is 4.79 Å². The number of ether oxygens (including phenoxy) is 1. The molecule has 0 saturated carbocycles. The number of aromatic amines is 1. The summed E-state index contributed by atoms with van der Waals surface area (Å²) in [5.74, 6) is 0.290. The maximum absolute atomic E-state index is 15.3. The van der Waals surface area contributed by atoms with E-state index in [1.54, 1.807) is 4.90 Å². The molecule has 0 unspecified atom stereocenters. The Morgan fingerprint density at radius 2 is 1.92 bits per heavy atom. The van der Waals surface area contributed by atoms with Gasteiger partial charge in [-0.25, -0.2) is 9.18 Å². The highest BCUT2D eigenvalue weighted by Gasteiger charge is 2.29. The molecule has 1 aliphatic heterocycles. The largest absolute Gasteiger partial charge is 0.444 e. The van der Waals surface area contributed by atoms with Crippen molar-refractivity contribution >= 4 is 17.0 Å². The van der Waals surface area contributed by atoms with E-state index in [4.69, 9.17) is 4.74 Å². The summed E-state index contributed by atoms with van der Waals surface area (Å²) >= 11 is 0. The number of carbonyl (C=O) groups excluding carboxylic acids is 1. The number of nitrogens with one attached hydrogen (secondary N) is 1. The van der Waals surface area contributed by atoms with Gasteiger partial charge < -0.3 is 14.6 Å². The van der Waals surface area contributed by atoms with Crippen molar-refractivity contribution in [1.82, 2.24) is 9.88 Å². The van der Waals surface area contributed by atoms with Gasteiger partial charge in [0.25, 0.3) is 0 Å². The number of piperidine rings is 1. The third kappa shape index (κ3) is 3.71. The molecule has 0 aliphatic carbocycles. The fourth-order valence-corrected chi connectivity index (χ4v) is 3.69. The Morgan fingerprint density at radius 1 is 1.27 bits per heavy atom. The molecule has 3 rings (SSSR count). The normalized spacial score (nSPS) is 16.5. The van der Waals surface area contributed by atoms with Gasteiger partial charge in [-0.2, -0.15) is 0 Å². The molecule has 1 amide bonds. The Morgan fingerprint density at radius 3 is 2.50 bits per heavy atom. The van der Waals surface area contributed by atoms with Crippen LogP contribution in [0.3, 0.4) is 0 Å². The number of H-pyrrole nitrogens is 1. The Bertz CT molecular complexity index is 796. The molecule has 26 heavy (non-hydrogen) atoms. The van der Waals surface area contributed by atoms with Crippen LogP contribution >= 0.6 is 0 Å². The van der Waals surface area contributed by atoms with Crippen molar-refractivity contribution < 1.29 is 13.9 Å². The lowest BCUT2D eigenvalue weighted by Gasteiger charge is -2.33. The summed E-state index contributed by atoms with van der Waals surface area (Å²) in [4.78, 5) is 17.1. The predicted octanol–water partition coefficient (Wildman–Crippen LogP) is 5.54. The monoisotopic (exact) mass is 360 g/mol. The Kier molecular flexibility index (Phi) is 5.00. The number of hydrogen-bond donors (Lipinski definition) is 1. The number of nitrogens with zero attached hydrogens (tertiary/aromatic N) is 1. The molecule has 2 aromatic rings. The van der Waals surface area contributed by atoms with Gasteiger partial charge in [-0.1, -0.05) is 19.9 Å². The third-order valence-corrected chi connectivity index (χ3v) is 5.05. The van der Waals surface area contributed by atoms with Gasteiger partial charge in [0.1, 0.15) is 11.4 Å². The zero-order chi connectivity index (χ0) is 19.1. The molecule has 1 saturated heterocycles. The minimum atomic E-state index is -0.493. The number of rotatable bonds is 2. The number of halogens is 1. The van der Waals surface area contributed by atoms with Crippen molar-refractivity contribution in [3.05, 3.63) is 35.3 Å². The van der Waals surface area contributed by atoms with E-state index < -0.39 is 5.60 Å². The Labute approximate surface area is 154 Å². The molecule has 0 bridgehead atoms. The first kappa shape index (κ1) is 18.7. The molecule has 2 heterocycles. The zero-order valence-corrected chi connectivity index (χ0v) is 16.4. The minimum absolute atomic E-state index is 0.108.